The molecule has 0 heterocycles. The van der Waals surface area contributed by atoms with Gasteiger partial charge >= 0.3 is 0 Å². The van der Waals surface area contributed by atoms with Crippen molar-refractivity contribution in [3.63, 3.8) is 0 Å². The lowest BCUT2D eigenvalue weighted by atomic mass is 10.1. The van der Waals surface area contributed by atoms with Gasteiger partial charge in [0.15, 0.2) is 0 Å². The maximum atomic E-state index is 9.85. The lowest BCUT2D eigenvalue weighted by Gasteiger charge is -2.32. The summed E-state index contributed by atoms with van der Waals surface area (Å²) in [6.45, 7) is 5.07. The fourth-order valence-corrected chi connectivity index (χ4v) is 5.89. The summed E-state index contributed by atoms with van der Waals surface area (Å²) in [5.41, 5.74) is 1.83. The van der Waals surface area contributed by atoms with Crippen molar-refractivity contribution >= 4 is 13.3 Å². The zero-order valence-corrected chi connectivity index (χ0v) is 14.1. The summed E-state index contributed by atoms with van der Waals surface area (Å²) in [6, 6.07) is 21.4. The Kier molecular flexibility index (Phi) is 5.77. The van der Waals surface area contributed by atoms with Crippen LogP contribution in [0.15, 0.2) is 60.7 Å². The highest BCUT2D eigenvalue weighted by Crippen LogP contribution is 2.27. The second-order valence-corrected chi connectivity index (χ2v) is 11.2. The van der Waals surface area contributed by atoms with Gasteiger partial charge in [-0.25, -0.2) is 0 Å². The molecule has 1 nitrogen and oxygen atoms in total. The average molecular weight is 299 g/mol. The van der Waals surface area contributed by atoms with Gasteiger partial charge in [0.25, 0.3) is 0 Å². The van der Waals surface area contributed by atoms with Crippen molar-refractivity contribution in [3.8, 4) is 0 Å². The molecule has 2 rings (SSSR count). The molecule has 1 unspecified atom stereocenters. The summed E-state index contributed by atoms with van der Waals surface area (Å²) >= 11 is 0. The van der Waals surface area contributed by atoms with Gasteiger partial charge in [-0.05, 0) is 23.9 Å². The molecule has 0 saturated heterocycles. The van der Waals surface area contributed by atoms with Crippen LogP contribution in [0.5, 0.6) is 0 Å². The topological polar surface area (TPSA) is 20.2 Å². The smallest absolute Gasteiger partial charge is 0.0859 e. The second kappa shape index (κ2) is 7.58. The molecule has 0 aliphatic rings. The quantitative estimate of drug-likeness (QED) is 0.766. The van der Waals surface area contributed by atoms with E-state index in [9.17, 15) is 5.11 Å². The number of aryl methyl sites for hydroxylation is 1. The van der Waals surface area contributed by atoms with E-state index in [1.165, 1.54) is 10.8 Å². The summed E-state index contributed by atoms with van der Waals surface area (Å²) in [6.07, 6.45) is 3.37. The molecule has 0 saturated carbocycles. The minimum absolute atomic E-state index is 0.308. The molecule has 2 heteroatoms. The molecule has 21 heavy (non-hydrogen) atoms. The zero-order valence-electron chi connectivity index (χ0n) is 13.1. The Morgan fingerprint density at radius 3 is 2.05 bits per heavy atom. The third-order valence-corrected chi connectivity index (χ3v) is 8.95. The first kappa shape index (κ1) is 16.0. The summed E-state index contributed by atoms with van der Waals surface area (Å²) in [5.74, 6) is 0. The number of hydrogen-bond donors (Lipinski definition) is 1. The third-order valence-electron chi connectivity index (χ3n) is 4.62. The van der Waals surface area contributed by atoms with Crippen molar-refractivity contribution in [1.82, 2.24) is 0 Å². The van der Waals surface area contributed by atoms with Gasteiger partial charge in [0.05, 0.1) is 8.07 Å². The second-order valence-electron chi connectivity index (χ2n) is 6.35. The number of aliphatic hydroxyl groups excluding tert-OH is 1. The SMILES string of the molecule is C[Si](C)(c1ccccc1)C(CO)CCCc1ccccc1. The Balaban J connectivity index is 1.96. The molecular formula is C19H26OSi. The molecule has 112 valence electrons. The van der Waals surface area contributed by atoms with Gasteiger partial charge in [-0.15, -0.1) is 0 Å². The molecule has 0 spiro atoms. The molecule has 1 atom stereocenters. The third kappa shape index (κ3) is 4.29. The normalized spacial score (nSPS) is 13.1. The van der Waals surface area contributed by atoms with Crippen LogP contribution in [-0.2, 0) is 6.42 Å². The van der Waals surface area contributed by atoms with Crippen LogP contribution in [0, 0.1) is 0 Å². The lowest BCUT2D eigenvalue weighted by Crippen LogP contribution is -2.47. The van der Waals surface area contributed by atoms with E-state index in [1.807, 2.05) is 0 Å². The Labute approximate surface area is 129 Å². The Bertz CT molecular complexity index is 522. The van der Waals surface area contributed by atoms with Crippen molar-refractivity contribution in [2.24, 2.45) is 0 Å². The molecule has 0 aliphatic heterocycles. The molecule has 2 aromatic rings. The van der Waals surface area contributed by atoms with Crippen LogP contribution in [0.2, 0.25) is 18.6 Å². The number of rotatable bonds is 7. The highest BCUT2D eigenvalue weighted by molar-refractivity contribution is 6.91. The molecule has 0 amide bonds. The molecule has 0 aliphatic carbocycles. The van der Waals surface area contributed by atoms with Crippen molar-refractivity contribution in [2.45, 2.75) is 37.9 Å². The number of benzene rings is 2. The predicted molar refractivity (Wildman–Crippen MR) is 93.8 cm³/mol. The molecule has 1 N–H and O–H groups in total. The predicted octanol–water partition coefficient (Wildman–Crippen LogP) is 3.99. The molecule has 0 aromatic heterocycles. The van der Waals surface area contributed by atoms with Crippen LogP contribution >= 0.6 is 0 Å². The highest BCUT2D eigenvalue weighted by Gasteiger charge is 2.32. The minimum atomic E-state index is -1.60. The van der Waals surface area contributed by atoms with Crippen LogP contribution in [0.3, 0.4) is 0 Å². The van der Waals surface area contributed by atoms with Crippen LogP contribution < -0.4 is 5.19 Å². The summed E-state index contributed by atoms with van der Waals surface area (Å²) in [7, 11) is -1.60. The Morgan fingerprint density at radius 2 is 1.48 bits per heavy atom. The van der Waals surface area contributed by atoms with Crippen molar-refractivity contribution in [2.75, 3.05) is 6.61 Å². The van der Waals surface area contributed by atoms with Crippen LogP contribution in [-0.4, -0.2) is 19.8 Å². The van der Waals surface area contributed by atoms with E-state index < -0.39 is 8.07 Å². The highest BCUT2D eigenvalue weighted by atomic mass is 28.3. The van der Waals surface area contributed by atoms with E-state index in [1.54, 1.807) is 0 Å². The fourth-order valence-electron chi connectivity index (χ4n) is 2.98. The van der Waals surface area contributed by atoms with Gasteiger partial charge in [-0.3, -0.25) is 0 Å². The van der Waals surface area contributed by atoms with Gasteiger partial charge in [-0.1, -0.05) is 85.4 Å². The minimum Gasteiger partial charge on any atom is -0.396 e. The van der Waals surface area contributed by atoms with Crippen LogP contribution in [0.1, 0.15) is 18.4 Å². The van der Waals surface area contributed by atoms with Gasteiger partial charge in [0.1, 0.15) is 0 Å². The van der Waals surface area contributed by atoms with Crippen molar-refractivity contribution in [1.29, 1.82) is 0 Å². The van der Waals surface area contributed by atoms with Gasteiger partial charge in [0, 0.05) is 6.61 Å². The lowest BCUT2D eigenvalue weighted by molar-refractivity contribution is 0.280. The summed E-state index contributed by atoms with van der Waals surface area (Å²) in [4.78, 5) is 0. The molecule has 0 bridgehead atoms. The van der Waals surface area contributed by atoms with Crippen LogP contribution in [0.4, 0.5) is 0 Å². The standard InChI is InChI=1S/C19H26OSi/c1-21(2,18-13-7-4-8-14-18)19(16-20)15-9-12-17-10-5-3-6-11-17/h3-8,10-11,13-14,19-20H,9,12,15-16H2,1-2H3. The average Bonchev–Trinajstić information content (AvgIpc) is 2.53. The maximum absolute atomic E-state index is 9.85. The monoisotopic (exact) mass is 298 g/mol. The largest absolute Gasteiger partial charge is 0.396 e. The van der Waals surface area contributed by atoms with E-state index in [-0.39, 0.29) is 0 Å². The van der Waals surface area contributed by atoms with E-state index in [0.29, 0.717) is 12.1 Å². The van der Waals surface area contributed by atoms with E-state index in [0.717, 1.165) is 19.3 Å². The first-order valence-corrected chi connectivity index (χ1v) is 10.9. The van der Waals surface area contributed by atoms with Gasteiger partial charge < -0.3 is 5.11 Å². The molecular weight excluding hydrogens is 272 g/mol. The number of aliphatic hydroxyl groups is 1. The first-order valence-electron chi connectivity index (χ1n) is 7.85. The Morgan fingerprint density at radius 1 is 0.905 bits per heavy atom. The van der Waals surface area contributed by atoms with Crippen LogP contribution in [0.25, 0.3) is 0 Å². The van der Waals surface area contributed by atoms with E-state index in [2.05, 4.69) is 73.8 Å². The Hall–Kier alpha value is -1.38. The van der Waals surface area contributed by atoms with Gasteiger partial charge in [-0.2, -0.15) is 0 Å². The van der Waals surface area contributed by atoms with Crippen molar-refractivity contribution in [3.05, 3.63) is 66.2 Å². The molecule has 2 aromatic carbocycles. The zero-order chi connectivity index (χ0) is 15.1. The van der Waals surface area contributed by atoms with Crippen molar-refractivity contribution < 1.29 is 5.11 Å². The summed E-state index contributed by atoms with van der Waals surface area (Å²) in [5, 5.41) is 11.3. The first-order chi connectivity index (χ1) is 10.1. The fraction of sp³-hybridized carbons (Fsp3) is 0.368. The van der Waals surface area contributed by atoms with E-state index >= 15 is 0 Å². The van der Waals surface area contributed by atoms with E-state index in [4.69, 9.17) is 0 Å². The molecule has 0 radical (unpaired) electrons. The number of hydrogen-bond acceptors (Lipinski definition) is 1. The maximum Gasteiger partial charge on any atom is 0.0859 e. The van der Waals surface area contributed by atoms with Gasteiger partial charge in [0.2, 0.25) is 0 Å². The molecule has 0 fully saturated rings. The summed E-state index contributed by atoms with van der Waals surface area (Å²) < 4.78 is 0.